The molecule has 0 spiro atoms. The lowest BCUT2D eigenvalue weighted by Crippen LogP contribution is -2.36. The molecule has 0 radical (unpaired) electrons. The van der Waals surface area contributed by atoms with Gasteiger partial charge in [0, 0.05) is 24.3 Å². The third-order valence-corrected chi connectivity index (χ3v) is 4.59. The zero-order chi connectivity index (χ0) is 17.8. The Hall–Kier alpha value is -2.69. The lowest BCUT2D eigenvalue weighted by Gasteiger charge is -2.17. The first-order valence-corrected chi connectivity index (χ1v) is 8.51. The monoisotopic (exact) mass is 340 g/mol. The molecule has 1 saturated heterocycles. The van der Waals surface area contributed by atoms with E-state index in [0.717, 1.165) is 12.1 Å². The second-order valence-corrected chi connectivity index (χ2v) is 6.16. The fourth-order valence-electron chi connectivity index (χ4n) is 3.04. The maximum atomic E-state index is 13.6. The lowest BCUT2D eigenvalue weighted by atomic mass is 10.1. The van der Waals surface area contributed by atoms with Gasteiger partial charge in [0.05, 0.1) is 0 Å². The van der Waals surface area contributed by atoms with Crippen LogP contribution in [0.25, 0.3) is 0 Å². The number of rotatable bonds is 5. The molecule has 1 aliphatic rings. The van der Waals surface area contributed by atoms with Crippen LogP contribution in [0, 0.1) is 11.7 Å². The minimum Gasteiger partial charge on any atom is -0.351 e. The van der Waals surface area contributed by atoms with Gasteiger partial charge in [-0.15, -0.1) is 0 Å². The highest BCUT2D eigenvalue weighted by atomic mass is 19.1. The first-order valence-electron chi connectivity index (χ1n) is 8.51. The fourth-order valence-corrected chi connectivity index (χ4v) is 3.04. The van der Waals surface area contributed by atoms with Crippen molar-refractivity contribution in [3.05, 3.63) is 65.5 Å². The number of aryl methyl sites for hydroxylation is 1. The predicted octanol–water partition coefficient (Wildman–Crippen LogP) is 3.06. The number of anilines is 1. The van der Waals surface area contributed by atoms with Crippen molar-refractivity contribution in [1.29, 1.82) is 0 Å². The molecule has 0 saturated carbocycles. The Morgan fingerprint density at radius 1 is 1.20 bits per heavy atom. The number of nitrogens with one attached hydrogen (secondary N) is 1. The first-order chi connectivity index (χ1) is 12.1. The summed E-state index contributed by atoms with van der Waals surface area (Å²) >= 11 is 0. The van der Waals surface area contributed by atoms with Gasteiger partial charge in [-0.1, -0.05) is 37.3 Å². The molecule has 1 atom stereocenters. The Bertz CT molecular complexity index is 774. The molecule has 3 rings (SSSR count). The molecule has 0 unspecified atom stereocenters. The van der Waals surface area contributed by atoms with Crippen molar-refractivity contribution < 1.29 is 14.0 Å². The second kappa shape index (κ2) is 7.47. The molecule has 0 bridgehead atoms. The Kier molecular flexibility index (Phi) is 5.12. The summed E-state index contributed by atoms with van der Waals surface area (Å²) in [6.07, 6.45) is 1.41. The number of carbonyl (C=O) groups excluding carboxylic acids is 2. The van der Waals surface area contributed by atoms with E-state index in [0.29, 0.717) is 18.5 Å². The molecule has 25 heavy (non-hydrogen) atoms. The van der Waals surface area contributed by atoms with Crippen LogP contribution >= 0.6 is 0 Å². The van der Waals surface area contributed by atoms with Crippen molar-refractivity contribution in [3.8, 4) is 0 Å². The standard InChI is InChI=1S/C20H21FN2O2/c1-2-14-7-9-16(10-8-14)23-12-11-17(20(23)25)19(24)22-13-15-5-3-4-6-18(15)21/h3-10,17H,2,11-13H2,1H3,(H,22,24)/t17-/m0/s1. The summed E-state index contributed by atoms with van der Waals surface area (Å²) in [5.74, 6) is -1.62. The van der Waals surface area contributed by atoms with Crippen molar-refractivity contribution in [1.82, 2.24) is 5.32 Å². The van der Waals surface area contributed by atoms with Crippen molar-refractivity contribution in [2.75, 3.05) is 11.4 Å². The number of halogens is 1. The Morgan fingerprint density at radius 2 is 1.92 bits per heavy atom. The number of benzene rings is 2. The zero-order valence-electron chi connectivity index (χ0n) is 14.2. The minimum atomic E-state index is -0.711. The number of amides is 2. The predicted molar refractivity (Wildman–Crippen MR) is 94.5 cm³/mol. The van der Waals surface area contributed by atoms with Crippen LogP contribution in [-0.4, -0.2) is 18.4 Å². The van der Waals surface area contributed by atoms with Gasteiger partial charge in [0.2, 0.25) is 11.8 Å². The van der Waals surface area contributed by atoms with E-state index >= 15 is 0 Å². The molecular formula is C20H21FN2O2. The quantitative estimate of drug-likeness (QED) is 0.851. The van der Waals surface area contributed by atoms with Gasteiger partial charge in [0.1, 0.15) is 11.7 Å². The average Bonchev–Trinajstić information content (AvgIpc) is 3.02. The molecule has 1 heterocycles. The highest BCUT2D eigenvalue weighted by molar-refractivity contribution is 6.09. The minimum absolute atomic E-state index is 0.0838. The molecule has 0 aliphatic carbocycles. The molecule has 5 heteroatoms. The SMILES string of the molecule is CCc1ccc(N2CC[C@@H](C(=O)NCc3ccccc3F)C2=O)cc1. The van der Waals surface area contributed by atoms with E-state index in [1.807, 2.05) is 24.3 Å². The van der Waals surface area contributed by atoms with E-state index in [4.69, 9.17) is 0 Å². The third-order valence-electron chi connectivity index (χ3n) is 4.59. The summed E-state index contributed by atoms with van der Waals surface area (Å²) in [5, 5.41) is 2.68. The van der Waals surface area contributed by atoms with Crippen LogP contribution in [0.2, 0.25) is 0 Å². The lowest BCUT2D eigenvalue weighted by molar-refractivity contribution is -0.132. The topological polar surface area (TPSA) is 49.4 Å². The van der Waals surface area contributed by atoms with E-state index in [9.17, 15) is 14.0 Å². The molecular weight excluding hydrogens is 319 g/mol. The smallest absolute Gasteiger partial charge is 0.239 e. The van der Waals surface area contributed by atoms with Gasteiger partial charge in [0.25, 0.3) is 0 Å². The molecule has 4 nitrogen and oxygen atoms in total. The largest absolute Gasteiger partial charge is 0.351 e. The number of nitrogens with zero attached hydrogens (tertiary/aromatic N) is 1. The number of hydrogen-bond acceptors (Lipinski definition) is 2. The molecule has 0 aromatic heterocycles. The van der Waals surface area contributed by atoms with Gasteiger partial charge in [-0.2, -0.15) is 0 Å². The molecule has 2 amide bonds. The Morgan fingerprint density at radius 3 is 2.60 bits per heavy atom. The van der Waals surface area contributed by atoms with Crippen LogP contribution < -0.4 is 10.2 Å². The molecule has 2 aromatic carbocycles. The normalized spacial score (nSPS) is 17.0. The van der Waals surface area contributed by atoms with E-state index in [2.05, 4.69) is 12.2 Å². The van der Waals surface area contributed by atoms with Crippen LogP contribution in [0.4, 0.5) is 10.1 Å². The summed E-state index contributed by atoms with van der Waals surface area (Å²) in [5.41, 5.74) is 2.43. The van der Waals surface area contributed by atoms with Crippen molar-refractivity contribution in [2.24, 2.45) is 5.92 Å². The Labute approximate surface area is 146 Å². The number of carbonyl (C=O) groups is 2. The number of hydrogen-bond donors (Lipinski definition) is 1. The van der Waals surface area contributed by atoms with Crippen molar-refractivity contribution in [2.45, 2.75) is 26.3 Å². The van der Waals surface area contributed by atoms with Gasteiger partial charge < -0.3 is 10.2 Å². The van der Waals surface area contributed by atoms with Gasteiger partial charge in [-0.3, -0.25) is 9.59 Å². The highest BCUT2D eigenvalue weighted by Gasteiger charge is 2.37. The molecule has 1 N–H and O–H groups in total. The van der Waals surface area contributed by atoms with Crippen LogP contribution in [0.3, 0.4) is 0 Å². The molecule has 130 valence electrons. The van der Waals surface area contributed by atoms with Gasteiger partial charge in [0.15, 0.2) is 0 Å². The maximum absolute atomic E-state index is 13.6. The van der Waals surface area contributed by atoms with Gasteiger partial charge >= 0.3 is 0 Å². The summed E-state index contributed by atoms with van der Waals surface area (Å²) in [6.45, 7) is 2.68. The van der Waals surface area contributed by atoms with Crippen molar-refractivity contribution in [3.63, 3.8) is 0 Å². The maximum Gasteiger partial charge on any atom is 0.239 e. The molecule has 2 aromatic rings. The summed E-state index contributed by atoms with van der Waals surface area (Å²) in [6, 6.07) is 14.1. The van der Waals surface area contributed by atoms with E-state index < -0.39 is 5.92 Å². The third kappa shape index (κ3) is 3.71. The first kappa shape index (κ1) is 17.1. The van der Waals surface area contributed by atoms with E-state index in [1.165, 1.54) is 11.6 Å². The van der Waals surface area contributed by atoms with Crippen LogP contribution in [0.5, 0.6) is 0 Å². The highest BCUT2D eigenvalue weighted by Crippen LogP contribution is 2.26. The molecule has 1 aliphatic heterocycles. The second-order valence-electron chi connectivity index (χ2n) is 6.16. The van der Waals surface area contributed by atoms with Crippen LogP contribution in [0.1, 0.15) is 24.5 Å². The summed E-state index contributed by atoms with van der Waals surface area (Å²) in [4.78, 5) is 26.6. The summed E-state index contributed by atoms with van der Waals surface area (Å²) < 4.78 is 13.6. The molecule has 1 fully saturated rings. The fraction of sp³-hybridized carbons (Fsp3) is 0.300. The zero-order valence-corrected chi connectivity index (χ0v) is 14.2. The van der Waals surface area contributed by atoms with Gasteiger partial charge in [-0.05, 0) is 36.6 Å². The van der Waals surface area contributed by atoms with E-state index in [-0.39, 0.29) is 24.2 Å². The Balaban J connectivity index is 1.62. The van der Waals surface area contributed by atoms with Crippen LogP contribution in [-0.2, 0) is 22.6 Å². The van der Waals surface area contributed by atoms with E-state index in [1.54, 1.807) is 23.1 Å². The average molecular weight is 340 g/mol. The summed E-state index contributed by atoms with van der Waals surface area (Å²) in [7, 11) is 0. The van der Waals surface area contributed by atoms with Crippen molar-refractivity contribution >= 4 is 17.5 Å². The van der Waals surface area contributed by atoms with Crippen LogP contribution in [0.15, 0.2) is 48.5 Å². The van der Waals surface area contributed by atoms with Gasteiger partial charge in [-0.25, -0.2) is 4.39 Å².